The van der Waals surface area contributed by atoms with E-state index in [1.807, 2.05) is 18.2 Å². The number of carbonyl (C=O) groups excluding carboxylic acids is 1. The van der Waals surface area contributed by atoms with Crippen molar-refractivity contribution in [3.05, 3.63) is 71.3 Å². The molecule has 3 N–H and O–H groups in total. The summed E-state index contributed by atoms with van der Waals surface area (Å²) in [5.74, 6) is -1.59. The van der Waals surface area contributed by atoms with Crippen LogP contribution in [0.15, 0.2) is 48.5 Å². The number of benzene rings is 2. The lowest BCUT2D eigenvalue weighted by Gasteiger charge is -2.19. The van der Waals surface area contributed by atoms with Crippen LogP contribution in [-0.2, 0) is 0 Å². The Morgan fingerprint density at radius 3 is 2.50 bits per heavy atom. The Morgan fingerprint density at radius 2 is 1.88 bits per heavy atom. The zero-order valence-corrected chi connectivity index (χ0v) is 13.3. The molecule has 2 rings (SSSR count). The van der Waals surface area contributed by atoms with Gasteiger partial charge in [-0.05, 0) is 17.2 Å². The molecule has 2 atom stereocenters. The Morgan fingerprint density at radius 1 is 1.17 bits per heavy atom. The second-order valence-electron chi connectivity index (χ2n) is 5.57. The number of amides is 2. The molecule has 0 aromatic heterocycles. The van der Waals surface area contributed by atoms with Crippen LogP contribution in [0.2, 0.25) is 0 Å². The Labute approximate surface area is 139 Å². The molecule has 128 valence electrons. The Bertz CT molecular complexity index is 680. The molecule has 0 heterocycles. The van der Waals surface area contributed by atoms with Crippen LogP contribution in [0.3, 0.4) is 0 Å². The standard InChI is InChI=1S/C18H20F2N2O2/c1-12(15-8-7-14(19)9-16(15)20)10-21-18(24)22-17(11-23)13-5-3-2-4-6-13/h2-9,12,17,23H,10-11H2,1H3,(H2,21,22,24). The van der Waals surface area contributed by atoms with E-state index in [-0.39, 0.29) is 19.1 Å². The summed E-state index contributed by atoms with van der Waals surface area (Å²) in [6.45, 7) is 1.68. The molecule has 4 nitrogen and oxygen atoms in total. The average Bonchev–Trinajstić information content (AvgIpc) is 2.58. The second kappa shape index (κ2) is 8.40. The van der Waals surface area contributed by atoms with Gasteiger partial charge in [-0.1, -0.05) is 43.3 Å². The predicted molar refractivity (Wildman–Crippen MR) is 87.6 cm³/mol. The van der Waals surface area contributed by atoms with Crippen molar-refractivity contribution in [1.82, 2.24) is 10.6 Å². The third-order valence-electron chi connectivity index (χ3n) is 3.75. The van der Waals surface area contributed by atoms with Crippen LogP contribution in [0.25, 0.3) is 0 Å². The van der Waals surface area contributed by atoms with Gasteiger partial charge < -0.3 is 15.7 Å². The maximum absolute atomic E-state index is 13.7. The van der Waals surface area contributed by atoms with Crippen LogP contribution in [0.5, 0.6) is 0 Å². The van der Waals surface area contributed by atoms with Crippen molar-refractivity contribution in [2.24, 2.45) is 0 Å². The van der Waals surface area contributed by atoms with Crippen LogP contribution in [0, 0.1) is 11.6 Å². The summed E-state index contributed by atoms with van der Waals surface area (Å²) in [7, 11) is 0. The zero-order chi connectivity index (χ0) is 17.5. The minimum Gasteiger partial charge on any atom is -0.394 e. The SMILES string of the molecule is CC(CNC(=O)NC(CO)c1ccccc1)c1ccc(F)cc1F. The number of hydrogen-bond donors (Lipinski definition) is 3. The molecule has 24 heavy (non-hydrogen) atoms. The maximum Gasteiger partial charge on any atom is 0.315 e. The smallest absolute Gasteiger partial charge is 0.315 e. The van der Waals surface area contributed by atoms with Gasteiger partial charge in [0.15, 0.2) is 0 Å². The Kier molecular flexibility index (Phi) is 6.26. The highest BCUT2D eigenvalue weighted by atomic mass is 19.1. The summed E-state index contributed by atoms with van der Waals surface area (Å²) in [4.78, 5) is 12.0. The summed E-state index contributed by atoms with van der Waals surface area (Å²) >= 11 is 0. The van der Waals surface area contributed by atoms with Gasteiger partial charge in [0.1, 0.15) is 11.6 Å². The molecule has 0 aliphatic carbocycles. The lowest BCUT2D eigenvalue weighted by Crippen LogP contribution is -2.40. The van der Waals surface area contributed by atoms with Crippen LogP contribution in [0.4, 0.5) is 13.6 Å². The molecule has 2 unspecified atom stereocenters. The van der Waals surface area contributed by atoms with Crippen molar-refractivity contribution >= 4 is 6.03 Å². The van der Waals surface area contributed by atoms with E-state index in [4.69, 9.17) is 0 Å². The van der Waals surface area contributed by atoms with Crippen LogP contribution < -0.4 is 10.6 Å². The van der Waals surface area contributed by atoms with Crippen molar-refractivity contribution in [2.75, 3.05) is 13.2 Å². The van der Waals surface area contributed by atoms with Gasteiger partial charge in [-0.25, -0.2) is 13.6 Å². The molecule has 0 fully saturated rings. The van der Waals surface area contributed by atoms with Gasteiger partial charge in [0.2, 0.25) is 0 Å². The molecule has 0 bridgehead atoms. The molecule has 2 amide bonds. The molecular weight excluding hydrogens is 314 g/mol. The molecule has 0 aliphatic rings. The summed E-state index contributed by atoms with van der Waals surface area (Å²) in [5, 5.41) is 14.7. The minimum atomic E-state index is -0.637. The van der Waals surface area contributed by atoms with Crippen molar-refractivity contribution < 1.29 is 18.7 Å². The lowest BCUT2D eigenvalue weighted by molar-refractivity contribution is 0.216. The molecule has 6 heteroatoms. The fraction of sp³-hybridized carbons (Fsp3) is 0.278. The monoisotopic (exact) mass is 334 g/mol. The molecule has 0 spiro atoms. The van der Waals surface area contributed by atoms with Crippen molar-refractivity contribution in [2.45, 2.75) is 18.9 Å². The van der Waals surface area contributed by atoms with Gasteiger partial charge in [-0.2, -0.15) is 0 Å². The second-order valence-corrected chi connectivity index (χ2v) is 5.57. The molecule has 2 aromatic rings. The quantitative estimate of drug-likeness (QED) is 0.760. The van der Waals surface area contributed by atoms with Crippen molar-refractivity contribution in [1.29, 1.82) is 0 Å². The van der Waals surface area contributed by atoms with E-state index in [0.29, 0.717) is 5.56 Å². The van der Waals surface area contributed by atoms with Gasteiger partial charge in [-0.15, -0.1) is 0 Å². The van der Waals surface area contributed by atoms with E-state index in [0.717, 1.165) is 11.6 Å². The first-order chi connectivity index (χ1) is 11.5. The summed E-state index contributed by atoms with van der Waals surface area (Å²) in [6, 6.07) is 11.5. The third-order valence-corrected chi connectivity index (χ3v) is 3.75. The van der Waals surface area contributed by atoms with Gasteiger partial charge >= 0.3 is 6.03 Å². The minimum absolute atomic E-state index is 0.182. The Balaban J connectivity index is 1.90. The highest BCUT2D eigenvalue weighted by molar-refractivity contribution is 5.74. The van der Waals surface area contributed by atoms with E-state index < -0.39 is 23.7 Å². The van der Waals surface area contributed by atoms with Crippen molar-refractivity contribution in [3.63, 3.8) is 0 Å². The topological polar surface area (TPSA) is 61.4 Å². The van der Waals surface area contributed by atoms with E-state index in [9.17, 15) is 18.7 Å². The third kappa shape index (κ3) is 4.76. The first-order valence-electron chi connectivity index (χ1n) is 7.66. The number of aliphatic hydroxyl groups excluding tert-OH is 1. The molecule has 2 aromatic carbocycles. The highest BCUT2D eigenvalue weighted by Gasteiger charge is 2.16. The van der Waals surface area contributed by atoms with Crippen LogP contribution in [-0.4, -0.2) is 24.3 Å². The Hall–Kier alpha value is -2.47. The number of halogens is 2. The summed E-state index contributed by atoms with van der Waals surface area (Å²) in [5.41, 5.74) is 1.12. The molecule has 0 radical (unpaired) electrons. The first-order valence-corrected chi connectivity index (χ1v) is 7.66. The van der Waals surface area contributed by atoms with E-state index >= 15 is 0 Å². The number of hydrogen-bond acceptors (Lipinski definition) is 2. The van der Waals surface area contributed by atoms with Gasteiger partial charge in [-0.3, -0.25) is 0 Å². The molecule has 0 aliphatic heterocycles. The normalized spacial score (nSPS) is 13.2. The molecular formula is C18H20F2N2O2. The summed E-state index contributed by atoms with van der Waals surface area (Å²) in [6.07, 6.45) is 0. The lowest BCUT2D eigenvalue weighted by atomic mass is 10.0. The number of nitrogens with one attached hydrogen (secondary N) is 2. The van der Waals surface area contributed by atoms with E-state index in [2.05, 4.69) is 10.6 Å². The zero-order valence-electron chi connectivity index (χ0n) is 13.3. The molecule has 0 saturated heterocycles. The number of urea groups is 1. The fourth-order valence-electron chi connectivity index (χ4n) is 2.39. The van der Waals surface area contributed by atoms with Gasteiger partial charge in [0.25, 0.3) is 0 Å². The number of carbonyl (C=O) groups is 1. The number of rotatable bonds is 6. The van der Waals surface area contributed by atoms with Crippen LogP contribution in [0.1, 0.15) is 30.0 Å². The van der Waals surface area contributed by atoms with Gasteiger partial charge in [0, 0.05) is 18.5 Å². The van der Waals surface area contributed by atoms with Crippen LogP contribution >= 0.6 is 0 Å². The molecule has 0 saturated carbocycles. The maximum atomic E-state index is 13.7. The highest BCUT2D eigenvalue weighted by Crippen LogP contribution is 2.19. The first kappa shape index (κ1) is 17.9. The number of aliphatic hydroxyl groups is 1. The largest absolute Gasteiger partial charge is 0.394 e. The fourth-order valence-corrected chi connectivity index (χ4v) is 2.39. The predicted octanol–water partition coefficient (Wildman–Crippen LogP) is 3.10. The van der Waals surface area contributed by atoms with Crippen molar-refractivity contribution in [3.8, 4) is 0 Å². The van der Waals surface area contributed by atoms with E-state index in [1.165, 1.54) is 12.1 Å². The van der Waals surface area contributed by atoms with E-state index in [1.54, 1.807) is 19.1 Å². The van der Waals surface area contributed by atoms with Gasteiger partial charge in [0.05, 0.1) is 12.6 Å². The average molecular weight is 334 g/mol. The summed E-state index contributed by atoms with van der Waals surface area (Å²) < 4.78 is 26.6.